The Bertz CT molecular complexity index is 1760. The Morgan fingerprint density at radius 1 is 0.830 bits per heavy atom. The molecule has 47 heavy (non-hydrogen) atoms. The van der Waals surface area contributed by atoms with Crippen LogP contribution < -0.4 is 10.6 Å². The summed E-state index contributed by atoms with van der Waals surface area (Å²) in [6.07, 6.45) is 3.82. The number of aliphatic carboxylic acids is 1. The van der Waals surface area contributed by atoms with Crippen LogP contribution in [0.2, 0.25) is 0 Å². The lowest BCUT2D eigenvalue weighted by Crippen LogP contribution is -2.59. The lowest BCUT2D eigenvalue weighted by molar-refractivity contribution is -0.133. The molecule has 10 heteroatoms. The third-order valence-electron chi connectivity index (χ3n) is 8.20. The van der Waals surface area contributed by atoms with Crippen molar-refractivity contribution >= 4 is 12.2 Å². The third kappa shape index (κ3) is 7.75. The van der Waals surface area contributed by atoms with Crippen molar-refractivity contribution in [3.63, 3.8) is 0 Å². The van der Waals surface area contributed by atoms with Gasteiger partial charge in [-0.25, -0.2) is 4.79 Å². The zero-order chi connectivity index (χ0) is 32.5. The summed E-state index contributed by atoms with van der Waals surface area (Å²) >= 11 is 0. The quantitative estimate of drug-likeness (QED) is 0.120. The first-order valence-corrected chi connectivity index (χ1v) is 15.8. The Labute approximate surface area is 274 Å². The highest BCUT2D eigenvalue weighted by Gasteiger charge is 2.36. The molecule has 1 aliphatic heterocycles. The van der Waals surface area contributed by atoms with Crippen molar-refractivity contribution in [3.05, 3.63) is 138 Å². The largest absolute Gasteiger partial charge is 0.478 e. The lowest BCUT2D eigenvalue weighted by Gasteiger charge is -2.38. The first kappa shape index (κ1) is 31.7. The van der Waals surface area contributed by atoms with Crippen molar-refractivity contribution < 1.29 is 9.90 Å². The summed E-state index contributed by atoms with van der Waals surface area (Å²) in [7, 11) is 0. The number of rotatable bonds is 14. The second kappa shape index (κ2) is 14.9. The molecule has 0 amide bonds. The maximum Gasteiger partial charge on any atom is 0.334 e. The van der Waals surface area contributed by atoms with Crippen LogP contribution in [0.15, 0.2) is 126 Å². The van der Waals surface area contributed by atoms with E-state index in [1.165, 1.54) is 0 Å². The van der Waals surface area contributed by atoms with Crippen molar-refractivity contribution in [2.45, 2.75) is 44.8 Å². The summed E-state index contributed by atoms with van der Waals surface area (Å²) in [6.45, 7) is 4.37. The normalized spacial score (nSPS) is 15.4. The molecule has 1 aliphatic rings. The number of hydrogen-bond acceptors (Lipinski definition) is 8. The maximum absolute atomic E-state index is 12.9. The van der Waals surface area contributed by atoms with Gasteiger partial charge in [0.2, 0.25) is 5.82 Å². The van der Waals surface area contributed by atoms with Crippen LogP contribution in [0.5, 0.6) is 0 Å². The summed E-state index contributed by atoms with van der Waals surface area (Å²) in [4.78, 5) is 19.9. The van der Waals surface area contributed by atoms with Gasteiger partial charge < -0.3 is 5.11 Å². The highest BCUT2D eigenvalue weighted by Crippen LogP contribution is 2.30. The molecule has 4 aromatic carbocycles. The van der Waals surface area contributed by atoms with Crippen LogP contribution in [0.4, 0.5) is 0 Å². The Hall–Kier alpha value is -5.29. The fourth-order valence-corrected chi connectivity index (χ4v) is 5.84. The molecule has 0 aliphatic carbocycles. The molecule has 10 nitrogen and oxygen atoms in total. The number of dihydropyridines is 1. The molecule has 0 saturated carbocycles. The number of hydrogen-bond donors (Lipinski definition) is 4. The van der Waals surface area contributed by atoms with E-state index in [-0.39, 0.29) is 5.57 Å². The van der Waals surface area contributed by atoms with E-state index < -0.39 is 17.8 Å². The molecule has 0 spiro atoms. The number of tetrazole rings is 1. The molecule has 1 atom stereocenters. The molecule has 0 bridgehead atoms. The van der Waals surface area contributed by atoms with Crippen molar-refractivity contribution in [1.82, 2.24) is 36.2 Å². The van der Waals surface area contributed by atoms with Crippen molar-refractivity contribution in [1.29, 1.82) is 0 Å². The number of benzene rings is 4. The molecule has 0 saturated heterocycles. The highest BCUT2D eigenvalue weighted by atomic mass is 16.4. The zero-order valence-corrected chi connectivity index (χ0v) is 26.3. The molecule has 0 radical (unpaired) electrons. The third-order valence-corrected chi connectivity index (χ3v) is 8.20. The number of carbonyl (C=O) groups is 1. The van der Waals surface area contributed by atoms with Gasteiger partial charge in [-0.15, -0.1) is 10.2 Å². The predicted octanol–water partition coefficient (Wildman–Crippen LogP) is 5.44. The van der Waals surface area contributed by atoms with Gasteiger partial charge in [-0.2, -0.15) is 5.21 Å². The SMILES string of the molecule is CCCN(Cc1ccc(-c2ccccc2-c2nn[nH]n2)cc1)C1N=CC(NCc2ccccc2)(NCc2ccccc2)C=C1C(=O)O. The minimum Gasteiger partial charge on any atom is -0.478 e. The van der Waals surface area contributed by atoms with Crippen LogP contribution in [0, 0.1) is 0 Å². The number of aliphatic imine (C=N–C) groups is 1. The van der Waals surface area contributed by atoms with Crippen LogP contribution in [0.25, 0.3) is 22.5 Å². The molecule has 1 unspecified atom stereocenters. The van der Waals surface area contributed by atoms with Crippen LogP contribution in [0.3, 0.4) is 0 Å². The average molecular weight is 627 g/mol. The number of aromatic amines is 1. The van der Waals surface area contributed by atoms with Gasteiger partial charge in [0, 0.05) is 38.0 Å². The number of carboxylic acid groups (broad SMARTS) is 1. The molecule has 1 aromatic heterocycles. The number of H-pyrrole nitrogens is 1. The predicted molar refractivity (Wildman–Crippen MR) is 183 cm³/mol. The standard InChI is InChI=1S/C37H38N8O2/c1-2-21-45(25-29-17-19-30(20-18-29)31-15-9-10-16-32(31)34-41-43-44-42-34)35-33(36(46)47)22-37(26-38-35,39-23-27-11-5-3-6-12-27)40-24-28-13-7-4-8-14-28/h3-20,22,26,35,39-40H,2,21,23-25H2,1H3,(H,46,47)(H,41,42,43,44). The van der Waals surface area contributed by atoms with E-state index in [0.29, 0.717) is 32.0 Å². The van der Waals surface area contributed by atoms with E-state index in [1.54, 1.807) is 6.08 Å². The molecule has 5 aromatic rings. The van der Waals surface area contributed by atoms with Gasteiger partial charge in [-0.05, 0) is 45.5 Å². The van der Waals surface area contributed by atoms with E-state index in [4.69, 9.17) is 4.99 Å². The number of nitrogens with one attached hydrogen (secondary N) is 3. The van der Waals surface area contributed by atoms with E-state index in [2.05, 4.69) is 67.3 Å². The van der Waals surface area contributed by atoms with Crippen LogP contribution in [-0.2, 0) is 24.4 Å². The van der Waals surface area contributed by atoms with Gasteiger partial charge in [-0.3, -0.25) is 20.5 Å². The monoisotopic (exact) mass is 626 g/mol. The molecule has 4 N–H and O–H groups in total. The zero-order valence-electron chi connectivity index (χ0n) is 26.3. The van der Waals surface area contributed by atoms with Gasteiger partial charge in [0.25, 0.3) is 0 Å². The topological polar surface area (TPSA) is 131 Å². The fourth-order valence-electron chi connectivity index (χ4n) is 5.84. The molecular formula is C37H38N8O2. The number of carboxylic acids is 1. The van der Waals surface area contributed by atoms with E-state index in [0.717, 1.165) is 39.8 Å². The Morgan fingerprint density at radius 3 is 2.02 bits per heavy atom. The lowest BCUT2D eigenvalue weighted by atomic mass is 9.97. The van der Waals surface area contributed by atoms with Gasteiger partial charge in [0.15, 0.2) is 0 Å². The summed E-state index contributed by atoms with van der Waals surface area (Å²) < 4.78 is 0. The second-order valence-corrected chi connectivity index (χ2v) is 11.6. The summed E-state index contributed by atoms with van der Waals surface area (Å²) in [5.41, 5.74) is 5.42. The average Bonchev–Trinajstić information content (AvgIpc) is 3.66. The van der Waals surface area contributed by atoms with Crippen LogP contribution in [0.1, 0.15) is 30.0 Å². The smallest absolute Gasteiger partial charge is 0.334 e. The minimum absolute atomic E-state index is 0.229. The summed E-state index contributed by atoms with van der Waals surface area (Å²) in [5, 5.41) is 32.2. The second-order valence-electron chi connectivity index (χ2n) is 11.6. The van der Waals surface area contributed by atoms with Gasteiger partial charge in [0.1, 0.15) is 11.8 Å². The van der Waals surface area contributed by atoms with Crippen molar-refractivity contribution in [2.75, 3.05) is 6.54 Å². The first-order chi connectivity index (χ1) is 23.0. The van der Waals surface area contributed by atoms with E-state index in [1.807, 2.05) is 91.1 Å². The molecule has 238 valence electrons. The first-order valence-electron chi connectivity index (χ1n) is 15.8. The van der Waals surface area contributed by atoms with Crippen molar-refractivity contribution in [2.24, 2.45) is 4.99 Å². The van der Waals surface area contributed by atoms with E-state index in [9.17, 15) is 9.90 Å². The van der Waals surface area contributed by atoms with E-state index >= 15 is 0 Å². The van der Waals surface area contributed by atoms with Gasteiger partial charge in [-0.1, -0.05) is 116 Å². The Balaban J connectivity index is 1.25. The van der Waals surface area contributed by atoms with Gasteiger partial charge in [0.05, 0.1) is 5.57 Å². The fraction of sp³-hybridized carbons (Fsp3) is 0.216. The number of nitrogens with zero attached hydrogens (tertiary/aromatic N) is 5. The summed E-state index contributed by atoms with van der Waals surface area (Å²) in [5.74, 6) is -0.455. The molecule has 6 rings (SSSR count). The molecule has 0 fully saturated rings. The Morgan fingerprint density at radius 2 is 1.45 bits per heavy atom. The molecule has 2 heterocycles. The maximum atomic E-state index is 12.9. The van der Waals surface area contributed by atoms with Crippen molar-refractivity contribution in [3.8, 4) is 22.5 Å². The van der Waals surface area contributed by atoms with Crippen LogP contribution >= 0.6 is 0 Å². The number of aromatic nitrogens is 4. The highest BCUT2D eigenvalue weighted by molar-refractivity contribution is 5.92. The minimum atomic E-state index is -0.992. The van der Waals surface area contributed by atoms with Crippen LogP contribution in [-0.4, -0.2) is 61.2 Å². The van der Waals surface area contributed by atoms with Gasteiger partial charge >= 0.3 is 5.97 Å². The molecular weight excluding hydrogens is 588 g/mol. The summed E-state index contributed by atoms with van der Waals surface area (Å²) in [6, 6.07) is 36.3. The Kier molecular flexibility index (Phi) is 10.0.